The van der Waals surface area contributed by atoms with E-state index < -0.39 is 17.8 Å². The molecule has 1 unspecified atom stereocenters. The Morgan fingerprint density at radius 1 is 1.67 bits per heavy atom. The van der Waals surface area contributed by atoms with Gasteiger partial charge in [0.15, 0.2) is 0 Å². The molecule has 0 bridgehead atoms. The summed E-state index contributed by atoms with van der Waals surface area (Å²) in [5.41, 5.74) is 0. The number of nitrogens with one attached hydrogen (secondary N) is 1. The van der Waals surface area contributed by atoms with Crippen LogP contribution in [0.2, 0.25) is 0 Å². The number of rotatable bonds is 4. The van der Waals surface area contributed by atoms with Crippen LogP contribution in [0.25, 0.3) is 0 Å². The van der Waals surface area contributed by atoms with E-state index in [0.717, 1.165) is 9.35 Å². The molecule has 0 aliphatic rings. The number of carboxylic acid groups (broad SMARTS) is 1. The van der Waals surface area contributed by atoms with E-state index in [4.69, 9.17) is 5.11 Å². The average molecular weight is 292 g/mol. The molecule has 0 radical (unpaired) electrons. The predicted molar refractivity (Wildman–Crippen MR) is 60.7 cm³/mol. The summed E-state index contributed by atoms with van der Waals surface area (Å²) in [6, 6.07) is 1.89. The Balaban J connectivity index is 2.44. The van der Waals surface area contributed by atoms with Gasteiger partial charge in [-0.3, -0.25) is 9.59 Å². The van der Waals surface area contributed by atoms with Crippen LogP contribution in [0, 0.1) is 5.92 Å². The standard InChI is InChI=1S/C9H10BrNO3S/c1-5(9(13)14)8(12)11-3-7-2-6(10)4-15-7/h2,4-5H,3H2,1H3,(H,11,12)(H,13,14). The summed E-state index contributed by atoms with van der Waals surface area (Å²) in [6.45, 7) is 1.73. The highest BCUT2D eigenvalue weighted by molar-refractivity contribution is 9.10. The van der Waals surface area contributed by atoms with Gasteiger partial charge in [0.25, 0.3) is 0 Å². The monoisotopic (exact) mass is 291 g/mol. The van der Waals surface area contributed by atoms with E-state index in [9.17, 15) is 9.59 Å². The third kappa shape index (κ3) is 3.64. The van der Waals surface area contributed by atoms with E-state index in [0.29, 0.717) is 6.54 Å². The minimum Gasteiger partial charge on any atom is -0.481 e. The maximum Gasteiger partial charge on any atom is 0.315 e. The third-order valence-corrected chi connectivity index (χ3v) is 3.52. The molecule has 82 valence electrons. The molecule has 0 fully saturated rings. The van der Waals surface area contributed by atoms with Crippen molar-refractivity contribution in [2.75, 3.05) is 0 Å². The summed E-state index contributed by atoms with van der Waals surface area (Å²) in [6.07, 6.45) is 0. The molecule has 1 heterocycles. The van der Waals surface area contributed by atoms with Crippen molar-refractivity contribution in [2.45, 2.75) is 13.5 Å². The van der Waals surface area contributed by atoms with Crippen molar-refractivity contribution in [3.05, 3.63) is 20.8 Å². The Kier molecular flexibility index (Phi) is 4.28. The smallest absolute Gasteiger partial charge is 0.315 e. The third-order valence-electron chi connectivity index (χ3n) is 1.82. The van der Waals surface area contributed by atoms with Crippen LogP contribution in [0.3, 0.4) is 0 Å². The lowest BCUT2D eigenvalue weighted by Gasteiger charge is -2.06. The highest BCUT2D eigenvalue weighted by Crippen LogP contribution is 2.19. The van der Waals surface area contributed by atoms with Gasteiger partial charge in [-0.1, -0.05) is 0 Å². The van der Waals surface area contributed by atoms with E-state index in [1.165, 1.54) is 18.3 Å². The molecule has 1 aromatic heterocycles. The van der Waals surface area contributed by atoms with E-state index in [2.05, 4.69) is 21.2 Å². The molecule has 15 heavy (non-hydrogen) atoms. The SMILES string of the molecule is CC(C(=O)O)C(=O)NCc1cc(Br)cs1. The Morgan fingerprint density at radius 3 is 2.80 bits per heavy atom. The number of carboxylic acids is 1. The molecule has 1 amide bonds. The lowest BCUT2D eigenvalue weighted by molar-refractivity contribution is -0.146. The Labute approximate surface area is 99.4 Å². The van der Waals surface area contributed by atoms with Crippen LogP contribution >= 0.6 is 27.3 Å². The molecule has 6 heteroatoms. The molecule has 1 rings (SSSR count). The minimum absolute atomic E-state index is 0.368. The molecule has 1 aromatic rings. The van der Waals surface area contributed by atoms with Crippen LogP contribution in [0.5, 0.6) is 0 Å². The molecular formula is C9H10BrNO3S. The molecule has 1 atom stereocenters. The summed E-state index contributed by atoms with van der Waals surface area (Å²) in [4.78, 5) is 22.7. The zero-order valence-corrected chi connectivity index (χ0v) is 10.4. The number of hydrogen-bond donors (Lipinski definition) is 2. The second-order valence-electron chi connectivity index (χ2n) is 3.01. The zero-order valence-electron chi connectivity index (χ0n) is 7.99. The van der Waals surface area contributed by atoms with Crippen LogP contribution in [0.4, 0.5) is 0 Å². The zero-order chi connectivity index (χ0) is 11.4. The van der Waals surface area contributed by atoms with Crippen molar-refractivity contribution in [3.63, 3.8) is 0 Å². The van der Waals surface area contributed by atoms with Crippen LogP contribution in [-0.4, -0.2) is 17.0 Å². The van der Waals surface area contributed by atoms with Crippen molar-refractivity contribution >= 4 is 39.1 Å². The Hall–Kier alpha value is -0.880. The van der Waals surface area contributed by atoms with Gasteiger partial charge in [-0.15, -0.1) is 11.3 Å². The van der Waals surface area contributed by atoms with Crippen LogP contribution < -0.4 is 5.32 Å². The number of amides is 1. The molecule has 0 aromatic carbocycles. The van der Waals surface area contributed by atoms with Gasteiger partial charge in [-0.25, -0.2) is 0 Å². The quantitative estimate of drug-likeness (QED) is 0.832. The van der Waals surface area contributed by atoms with E-state index >= 15 is 0 Å². The first kappa shape index (κ1) is 12.2. The predicted octanol–water partition coefficient (Wildman–Crippen LogP) is 1.85. The molecular weight excluding hydrogens is 282 g/mol. The molecule has 0 aliphatic heterocycles. The fourth-order valence-electron chi connectivity index (χ4n) is 0.886. The molecule has 0 spiro atoms. The van der Waals surface area contributed by atoms with Crippen molar-refractivity contribution in [1.29, 1.82) is 0 Å². The van der Waals surface area contributed by atoms with Gasteiger partial charge >= 0.3 is 5.97 Å². The van der Waals surface area contributed by atoms with E-state index in [-0.39, 0.29) is 0 Å². The molecule has 0 saturated carbocycles. The lowest BCUT2D eigenvalue weighted by Crippen LogP contribution is -2.32. The van der Waals surface area contributed by atoms with Crippen molar-refractivity contribution in [1.82, 2.24) is 5.32 Å². The van der Waals surface area contributed by atoms with Crippen LogP contribution in [0.1, 0.15) is 11.8 Å². The second-order valence-corrected chi connectivity index (χ2v) is 4.92. The van der Waals surface area contributed by atoms with Crippen molar-refractivity contribution in [3.8, 4) is 0 Å². The summed E-state index contributed by atoms with van der Waals surface area (Å²) < 4.78 is 0.961. The number of carbonyl (C=O) groups excluding carboxylic acids is 1. The normalized spacial score (nSPS) is 12.1. The fourth-order valence-corrected chi connectivity index (χ4v) is 2.28. The second kappa shape index (κ2) is 5.27. The number of halogens is 1. The van der Waals surface area contributed by atoms with Crippen molar-refractivity contribution in [2.24, 2.45) is 5.92 Å². The lowest BCUT2D eigenvalue weighted by atomic mass is 10.2. The summed E-state index contributed by atoms with van der Waals surface area (Å²) in [5, 5.41) is 13.1. The van der Waals surface area contributed by atoms with Gasteiger partial charge in [0.05, 0.1) is 6.54 Å². The first-order chi connectivity index (χ1) is 7.00. The molecule has 4 nitrogen and oxygen atoms in total. The Bertz CT molecular complexity index is 377. The first-order valence-electron chi connectivity index (χ1n) is 4.24. The highest BCUT2D eigenvalue weighted by Gasteiger charge is 2.19. The topological polar surface area (TPSA) is 66.4 Å². The Morgan fingerprint density at radius 2 is 2.33 bits per heavy atom. The minimum atomic E-state index is -1.11. The molecule has 0 saturated heterocycles. The van der Waals surface area contributed by atoms with Gasteiger partial charge < -0.3 is 10.4 Å². The molecule has 2 N–H and O–H groups in total. The van der Waals surface area contributed by atoms with E-state index in [1.807, 2.05) is 11.4 Å². The van der Waals surface area contributed by atoms with Gasteiger partial charge in [0.2, 0.25) is 5.91 Å². The van der Waals surface area contributed by atoms with Gasteiger partial charge in [0.1, 0.15) is 5.92 Å². The maximum atomic E-state index is 11.3. The summed E-state index contributed by atoms with van der Waals surface area (Å²) in [5.74, 6) is -2.58. The summed E-state index contributed by atoms with van der Waals surface area (Å²) in [7, 11) is 0. The first-order valence-corrected chi connectivity index (χ1v) is 5.91. The van der Waals surface area contributed by atoms with Gasteiger partial charge in [-0.2, -0.15) is 0 Å². The highest BCUT2D eigenvalue weighted by atomic mass is 79.9. The average Bonchev–Trinajstić information content (AvgIpc) is 2.59. The largest absolute Gasteiger partial charge is 0.481 e. The van der Waals surface area contributed by atoms with Crippen molar-refractivity contribution < 1.29 is 14.7 Å². The van der Waals surface area contributed by atoms with E-state index in [1.54, 1.807) is 0 Å². The summed E-state index contributed by atoms with van der Waals surface area (Å²) >= 11 is 4.80. The molecule has 0 aliphatic carbocycles. The fraction of sp³-hybridized carbons (Fsp3) is 0.333. The number of hydrogen-bond acceptors (Lipinski definition) is 3. The van der Waals surface area contributed by atoms with Gasteiger partial charge in [-0.05, 0) is 28.9 Å². The van der Waals surface area contributed by atoms with Crippen LogP contribution in [0.15, 0.2) is 15.9 Å². The van der Waals surface area contributed by atoms with Crippen LogP contribution in [-0.2, 0) is 16.1 Å². The van der Waals surface area contributed by atoms with Gasteiger partial charge in [0, 0.05) is 14.7 Å². The number of aliphatic carboxylic acids is 1. The number of carbonyl (C=O) groups is 2. The maximum absolute atomic E-state index is 11.3. The number of thiophene rings is 1.